The second-order valence-corrected chi connectivity index (χ2v) is 5.44. The molecule has 5 heteroatoms. The quantitative estimate of drug-likeness (QED) is 0.844. The smallest absolute Gasteiger partial charge is 0.176 e. The lowest BCUT2D eigenvalue weighted by molar-refractivity contribution is 0.637. The molecule has 2 N–H and O–H groups in total. The van der Waals surface area contributed by atoms with Gasteiger partial charge in [0.15, 0.2) is 5.82 Å². The molecule has 0 unspecified atom stereocenters. The molecule has 3 rings (SSSR count). The van der Waals surface area contributed by atoms with Gasteiger partial charge in [0.1, 0.15) is 5.82 Å². The number of hydrogen-bond donors (Lipinski definition) is 1. The number of hydrogen-bond acceptors (Lipinski definition) is 4. The summed E-state index contributed by atoms with van der Waals surface area (Å²) in [7, 11) is 0. The van der Waals surface area contributed by atoms with Crippen LogP contribution in [0.25, 0.3) is 10.7 Å². The third kappa shape index (κ3) is 1.74. The number of nitrogens with two attached hydrogens (primary N) is 1. The molecule has 2 aromatic heterocycles. The number of nitrogens with zero attached hydrogens (tertiary/aromatic N) is 3. The SMILES string of the molecule is Cc1csc(-c2nnc3n2CCCCC3)c1N. The van der Waals surface area contributed by atoms with Crippen LogP contribution >= 0.6 is 11.3 Å². The minimum absolute atomic E-state index is 0.856. The van der Waals surface area contributed by atoms with Crippen molar-refractivity contribution < 1.29 is 0 Å². The van der Waals surface area contributed by atoms with E-state index in [1.54, 1.807) is 11.3 Å². The van der Waals surface area contributed by atoms with Crippen molar-refractivity contribution in [2.24, 2.45) is 0 Å². The van der Waals surface area contributed by atoms with Gasteiger partial charge >= 0.3 is 0 Å². The number of anilines is 1. The lowest BCUT2D eigenvalue weighted by atomic mass is 10.2. The van der Waals surface area contributed by atoms with Crippen LogP contribution in [0.3, 0.4) is 0 Å². The second-order valence-electron chi connectivity index (χ2n) is 4.56. The number of thiophene rings is 1. The molecule has 0 spiro atoms. The van der Waals surface area contributed by atoms with Gasteiger partial charge in [0.05, 0.1) is 10.6 Å². The lowest BCUT2D eigenvalue weighted by Gasteiger charge is -2.06. The molecule has 90 valence electrons. The maximum absolute atomic E-state index is 6.10. The zero-order valence-electron chi connectivity index (χ0n) is 9.94. The van der Waals surface area contributed by atoms with E-state index in [2.05, 4.69) is 20.1 Å². The summed E-state index contributed by atoms with van der Waals surface area (Å²) in [4.78, 5) is 1.07. The average Bonchev–Trinajstić information content (AvgIpc) is 2.76. The van der Waals surface area contributed by atoms with Crippen molar-refractivity contribution in [3.8, 4) is 10.7 Å². The van der Waals surface area contributed by atoms with Crippen LogP contribution in [-0.2, 0) is 13.0 Å². The van der Waals surface area contributed by atoms with Crippen LogP contribution in [-0.4, -0.2) is 14.8 Å². The largest absolute Gasteiger partial charge is 0.397 e. The average molecular weight is 248 g/mol. The molecule has 0 saturated heterocycles. The first-order valence-electron chi connectivity index (χ1n) is 6.03. The van der Waals surface area contributed by atoms with E-state index in [0.717, 1.165) is 40.7 Å². The van der Waals surface area contributed by atoms with Crippen LogP contribution in [0.2, 0.25) is 0 Å². The van der Waals surface area contributed by atoms with E-state index < -0.39 is 0 Å². The molecular formula is C12H16N4S. The van der Waals surface area contributed by atoms with Gasteiger partial charge in [-0.2, -0.15) is 0 Å². The first-order valence-corrected chi connectivity index (χ1v) is 6.91. The Kier molecular flexibility index (Phi) is 2.63. The van der Waals surface area contributed by atoms with E-state index in [9.17, 15) is 0 Å². The van der Waals surface area contributed by atoms with E-state index in [1.165, 1.54) is 19.3 Å². The number of rotatable bonds is 1. The third-order valence-electron chi connectivity index (χ3n) is 3.34. The van der Waals surface area contributed by atoms with Crippen LogP contribution in [0.15, 0.2) is 5.38 Å². The molecule has 0 amide bonds. The third-order valence-corrected chi connectivity index (χ3v) is 4.45. The summed E-state index contributed by atoms with van der Waals surface area (Å²) in [5, 5.41) is 10.7. The fourth-order valence-electron chi connectivity index (χ4n) is 2.28. The Hall–Kier alpha value is -1.36. The Morgan fingerprint density at radius 1 is 1.29 bits per heavy atom. The highest BCUT2D eigenvalue weighted by molar-refractivity contribution is 7.14. The minimum Gasteiger partial charge on any atom is -0.397 e. The molecular weight excluding hydrogens is 232 g/mol. The van der Waals surface area contributed by atoms with Crippen molar-refractivity contribution in [3.63, 3.8) is 0 Å². The van der Waals surface area contributed by atoms with Crippen molar-refractivity contribution in [2.75, 3.05) is 5.73 Å². The molecule has 4 nitrogen and oxygen atoms in total. The second kappa shape index (κ2) is 4.14. The van der Waals surface area contributed by atoms with Crippen LogP contribution in [0.1, 0.15) is 30.7 Å². The summed E-state index contributed by atoms with van der Waals surface area (Å²) in [6, 6.07) is 0. The number of aryl methyl sites for hydroxylation is 2. The van der Waals surface area contributed by atoms with Gasteiger partial charge < -0.3 is 10.3 Å². The predicted molar refractivity (Wildman–Crippen MR) is 70.0 cm³/mol. The van der Waals surface area contributed by atoms with Gasteiger partial charge in [0.2, 0.25) is 0 Å². The van der Waals surface area contributed by atoms with Crippen LogP contribution in [0, 0.1) is 6.92 Å². The Labute approximate surface area is 104 Å². The summed E-state index contributed by atoms with van der Waals surface area (Å²) in [5.74, 6) is 2.07. The van der Waals surface area contributed by atoms with Gasteiger partial charge in [-0.3, -0.25) is 0 Å². The molecule has 0 aliphatic carbocycles. The van der Waals surface area contributed by atoms with Gasteiger partial charge in [-0.1, -0.05) is 6.42 Å². The molecule has 0 saturated carbocycles. The Balaban J connectivity index is 2.09. The molecule has 3 heterocycles. The standard InChI is InChI=1S/C12H16N4S/c1-8-7-17-11(10(8)13)12-15-14-9-5-3-2-4-6-16(9)12/h7H,2-6,13H2,1H3. The summed E-state index contributed by atoms with van der Waals surface area (Å²) < 4.78 is 2.24. The topological polar surface area (TPSA) is 56.7 Å². The van der Waals surface area contributed by atoms with Crippen molar-refractivity contribution >= 4 is 17.0 Å². The van der Waals surface area contributed by atoms with Gasteiger partial charge in [0.25, 0.3) is 0 Å². The Bertz CT molecular complexity index is 541. The van der Waals surface area contributed by atoms with Gasteiger partial charge in [-0.25, -0.2) is 0 Å². The molecule has 0 atom stereocenters. The summed E-state index contributed by atoms with van der Waals surface area (Å²) in [6.07, 6.45) is 4.75. The fraction of sp³-hybridized carbons (Fsp3) is 0.500. The Morgan fingerprint density at radius 3 is 2.94 bits per heavy atom. The van der Waals surface area contributed by atoms with Gasteiger partial charge in [0, 0.05) is 13.0 Å². The van der Waals surface area contributed by atoms with Crippen molar-refractivity contribution in [1.29, 1.82) is 0 Å². The summed E-state index contributed by atoms with van der Waals surface area (Å²) in [6.45, 7) is 3.06. The maximum Gasteiger partial charge on any atom is 0.176 e. The Morgan fingerprint density at radius 2 is 2.18 bits per heavy atom. The van der Waals surface area contributed by atoms with Crippen LogP contribution in [0.5, 0.6) is 0 Å². The summed E-state index contributed by atoms with van der Waals surface area (Å²) in [5.41, 5.74) is 8.09. The number of fused-ring (bicyclic) bond motifs is 1. The fourth-order valence-corrected chi connectivity index (χ4v) is 3.25. The molecule has 0 bridgehead atoms. The zero-order chi connectivity index (χ0) is 11.8. The summed E-state index contributed by atoms with van der Waals surface area (Å²) >= 11 is 1.67. The number of aromatic nitrogens is 3. The predicted octanol–water partition coefficient (Wildman–Crippen LogP) is 2.62. The maximum atomic E-state index is 6.10. The molecule has 17 heavy (non-hydrogen) atoms. The normalized spacial score (nSPS) is 15.6. The first-order chi connectivity index (χ1) is 8.27. The molecule has 1 aliphatic heterocycles. The van der Waals surface area contributed by atoms with E-state index in [4.69, 9.17) is 5.73 Å². The zero-order valence-corrected chi connectivity index (χ0v) is 10.8. The van der Waals surface area contributed by atoms with E-state index in [0.29, 0.717) is 0 Å². The molecule has 1 aliphatic rings. The van der Waals surface area contributed by atoms with Crippen molar-refractivity contribution in [1.82, 2.24) is 14.8 Å². The van der Waals surface area contributed by atoms with E-state index >= 15 is 0 Å². The van der Waals surface area contributed by atoms with E-state index in [-0.39, 0.29) is 0 Å². The monoisotopic (exact) mass is 248 g/mol. The minimum atomic E-state index is 0.856. The number of nitrogen functional groups attached to an aromatic ring is 1. The molecule has 0 fully saturated rings. The van der Waals surface area contributed by atoms with Crippen LogP contribution in [0.4, 0.5) is 5.69 Å². The molecule has 0 radical (unpaired) electrons. The van der Waals surface area contributed by atoms with Crippen molar-refractivity contribution in [2.45, 2.75) is 39.2 Å². The highest BCUT2D eigenvalue weighted by atomic mass is 32.1. The molecule has 2 aromatic rings. The van der Waals surface area contributed by atoms with E-state index in [1.807, 2.05) is 6.92 Å². The first kappa shape index (κ1) is 10.8. The van der Waals surface area contributed by atoms with Crippen molar-refractivity contribution in [3.05, 3.63) is 16.8 Å². The van der Waals surface area contributed by atoms with Gasteiger partial charge in [-0.05, 0) is 30.7 Å². The molecule has 0 aromatic carbocycles. The lowest BCUT2D eigenvalue weighted by Crippen LogP contribution is -2.03. The van der Waals surface area contributed by atoms with Gasteiger partial charge in [-0.15, -0.1) is 21.5 Å². The highest BCUT2D eigenvalue weighted by Gasteiger charge is 2.19. The van der Waals surface area contributed by atoms with Crippen LogP contribution < -0.4 is 5.73 Å². The highest BCUT2D eigenvalue weighted by Crippen LogP contribution is 2.34.